The molecule has 0 amide bonds. The molecule has 0 saturated carbocycles. The van der Waals surface area contributed by atoms with E-state index in [0.717, 1.165) is 17.1 Å². The van der Waals surface area contributed by atoms with Gasteiger partial charge >= 0.3 is 43.2 Å². The molecule has 2 nitrogen and oxygen atoms in total. The Bertz CT molecular complexity index is 64.1. The van der Waals surface area contributed by atoms with E-state index in [4.69, 9.17) is 4.79 Å². The summed E-state index contributed by atoms with van der Waals surface area (Å²) in [4.78, 5) is 18.2. The molecule has 0 fully saturated rings. The second kappa shape index (κ2) is 15.7. The smallest absolute Gasteiger partial charge is 0.195 e. The van der Waals surface area contributed by atoms with Crippen LogP contribution in [0.25, 0.3) is 0 Å². The van der Waals surface area contributed by atoms with E-state index in [1.54, 1.807) is 0 Å². The molecule has 0 unspecified atom stereocenters. The molecule has 9 heavy (non-hydrogen) atoms. The van der Waals surface area contributed by atoms with E-state index in [9.17, 15) is 4.79 Å². The summed E-state index contributed by atoms with van der Waals surface area (Å²) in [6, 6.07) is 0. The van der Waals surface area contributed by atoms with Gasteiger partial charge in [-0.1, -0.05) is 0 Å². The molecule has 0 heterocycles. The number of carbonyl (C=O) groups is 1. The van der Waals surface area contributed by atoms with Gasteiger partial charge in [0.25, 0.3) is 0 Å². The Balaban J connectivity index is 0. The quantitative estimate of drug-likeness (QED) is 0.365. The van der Waals surface area contributed by atoms with E-state index >= 15 is 0 Å². The number of carbonyl (C=O) groups excluding carboxylic acids is 2. The maximum absolute atomic E-state index is 9.54. The SMILES string of the molecule is CC[CH2][Ni][CH]=O.C[C]=O. The third kappa shape index (κ3) is 33.2. The van der Waals surface area contributed by atoms with Crippen molar-refractivity contribution in [2.75, 3.05) is 0 Å². The summed E-state index contributed by atoms with van der Waals surface area (Å²) < 4.78 is 0. The molecule has 0 aliphatic rings. The van der Waals surface area contributed by atoms with Crippen LogP contribution < -0.4 is 0 Å². The molecule has 0 saturated heterocycles. The van der Waals surface area contributed by atoms with Gasteiger partial charge in [-0.2, -0.15) is 0 Å². The summed E-state index contributed by atoms with van der Waals surface area (Å²) in [6.45, 7) is 3.38. The van der Waals surface area contributed by atoms with Gasteiger partial charge in [0.05, 0.1) is 0 Å². The summed E-state index contributed by atoms with van der Waals surface area (Å²) in [5.41, 5.74) is 0. The van der Waals surface area contributed by atoms with Crippen molar-refractivity contribution in [2.24, 2.45) is 0 Å². The fraction of sp³-hybridized carbons (Fsp3) is 0.667. The fourth-order valence-electron chi connectivity index (χ4n) is 0.129. The Morgan fingerprint density at radius 3 is 2.22 bits per heavy atom. The van der Waals surface area contributed by atoms with E-state index in [0.29, 0.717) is 0 Å². The van der Waals surface area contributed by atoms with Crippen molar-refractivity contribution >= 4 is 11.5 Å². The minimum Gasteiger partial charge on any atom is -0.291 e. The van der Waals surface area contributed by atoms with Crippen molar-refractivity contribution in [3.05, 3.63) is 0 Å². The largest absolute Gasteiger partial charge is 0.291 e. The van der Waals surface area contributed by atoms with Crippen LogP contribution in [0.1, 0.15) is 20.3 Å². The van der Waals surface area contributed by atoms with Crippen molar-refractivity contribution in [3.63, 3.8) is 0 Å². The minimum atomic E-state index is 0.899. The van der Waals surface area contributed by atoms with Crippen molar-refractivity contribution in [3.8, 4) is 0 Å². The van der Waals surface area contributed by atoms with Crippen LogP contribution in [-0.4, -0.2) is 11.5 Å². The van der Waals surface area contributed by atoms with Crippen molar-refractivity contribution in [1.82, 2.24) is 0 Å². The van der Waals surface area contributed by atoms with E-state index in [-0.39, 0.29) is 0 Å². The summed E-state index contributed by atoms with van der Waals surface area (Å²) in [7, 11) is 0. The van der Waals surface area contributed by atoms with E-state index in [2.05, 4.69) is 6.92 Å². The molecule has 0 aromatic rings. The predicted octanol–water partition coefficient (Wildman–Crippen LogP) is 1.20. The Hall–Kier alpha value is -0.166. The Morgan fingerprint density at radius 1 is 1.67 bits per heavy atom. The number of hydrogen-bond acceptors (Lipinski definition) is 2. The van der Waals surface area contributed by atoms with Gasteiger partial charge in [-0.25, -0.2) is 0 Å². The van der Waals surface area contributed by atoms with Gasteiger partial charge in [0, 0.05) is 6.92 Å². The van der Waals surface area contributed by atoms with Crippen LogP contribution in [0.4, 0.5) is 0 Å². The van der Waals surface area contributed by atoms with Gasteiger partial charge in [-0.05, 0) is 0 Å². The second-order valence-electron chi connectivity index (χ2n) is 1.07. The van der Waals surface area contributed by atoms with Gasteiger partial charge in [0.15, 0.2) is 6.29 Å². The zero-order valence-electron chi connectivity index (χ0n) is 5.62. The Labute approximate surface area is 61.8 Å². The summed E-state index contributed by atoms with van der Waals surface area (Å²) in [6.07, 6.45) is 2.60. The molecule has 0 aliphatic carbocycles. The molecule has 0 atom stereocenters. The number of hydrogen-bond donors (Lipinski definition) is 0. The van der Waals surface area contributed by atoms with E-state index < -0.39 is 0 Å². The maximum Gasteiger partial charge on any atom is 0.195 e. The van der Waals surface area contributed by atoms with Crippen LogP contribution in [0.15, 0.2) is 0 Å². The molecular weight excluding hydrogens is 163 g/mol. The average Bonchev–Trinajstić information content (AvgIpc) is 1.86. The normalized spacial score (nSPS) is 7.33. The van der Waals surface area contributed by atoms with Crippen molar-refractivity contribution in [1.29, 1.82) is 0 Å². The van der Waals surface area contributed by atoms with Crippen LogP contribution >= 0.6 is 0 Å². The average molecular weight is 174 g/mol. The third-order valence-electron chi connectivity index (χ3n) is 0.302. The van der Waals surface area contributed by atoms with Crippen LogP contribution in [0.3, 0.4) is 0 Å². The van der Waals surface area contributed by atoms with E-state index in [1.807, 2.05) is 0 Å². The zero-order valence-corrected chi connectivity index (χ0v) is 6.61. The predicted molar refractivity (Wildman–Crippen MR) is 33.2 cm³/mol. The standard InChI is InChI=1S/C3H7.C2H3O.CHO.Ni/c1-3-2;1-2-3;1-2;/h1,3H2,2H3;1H3;1H;. The summed E-state index contributed by atoms with van der Waals surface area (Å²) >= 11 is 1.18. The van der Waals surface area contributed by atoms with Gasteiger partial charge in [-0.15, -0.1) is 0 Å². The Kier molecular flexibility index (Phi) is 20.2. The van der Waals surface area contributed by atoms with Crippen LogP contribution in [-0.2, 0) is 24.0 Å². The first-order valence-corrected chi connectivity index (χ1v) is 3.82. The Morgan fingerprint density at radius 2 is 2.11 bits per heavy atom. The molecule has 0 aromatic heterocycles. The van der Waals surface area contributed by atoms with Crippen LogP contribution in [0.2, 0.25) is 5.39 Å². The molecule has 0 rings (SSSR count). The van der Waals surface area contributed by atoms with Gasteiger partial charge < -0.3 is 0 Å². The monoisotopic (exact) mass is 173 g/mol. The van der Waals surface area contributed by atoms with Crippen LogP contribution in [0, 0.1) is 0 Å². The molecule has 0 N–H and O–H groups in total. The number of rotatable bonds is 3. The molecule has 1 radical (unpaired) electrons. The first-order chi connectivity index (χ1) is 4.33. The third-order valence-corrected chi connectivity index (χ3v) is 1.25. The molecule has 57 valence electrons. The molecule has 0 bridgehead atoms. The maximum atomic E-state index is 9.54. The van der Waals surface area contributed by atoms with Crippen molar-refractivity contribution in [2.45, 2.75) is 25.7 Å². The minimum absolute atomic E-state index is 0.899. The van der Waals surface area contributed by atoms with Crippen molar-refractivity contribution < 1.29 is 24.0 Å². The molecule has 3 heteroatoms. The summed E-state index contributed by atoms with van der Waals surface area (Å²) in [5, 5.41) is 1.88. The van der Waals surface area contributed by atoms with Gasteiger partial charge in [0.2, 0.25) is 0 Å². The van der Waals surface area contributed by atoms with Gasteiger partial charge in [-0.3, -0.25) is 4.79 Å². The van der Waals surface area contributed by atoms with E-state index in [1.165, 1.54) is 27.6 Å². The van der Waals surface area contributed by atoms with Crippen LogP contribution in [0.5, 0.6) is 0 Å². The zero-order chi connectivity index (χ0) is 7.54. The first kappa shape index (κ1) is 11.6. The first-order valence-electron chi connectivity index (χ1n) is 2.55. The fourth-order valence-corrected chi connectivity index (χ4v) is 0.530. The summed E-state index contributed by atoms with van der Waals surface area (Å²) in [5.74, 6) is 0. The topological polar surface area (TPSA) is 34.1 Å². The second-order valence-corrected chi connectivity index (χ2v) is 2.20. The molecule has 0 spiro atoms. The molecule has 0 aromatic carbocycles. The van der Waals surface area contributed by atoms with Gasteiger partial charge in [0.1, 0.15) is 0 Å². The molecular formula is C6H11NiO2. The molecule has 0 aliphatic heterocycles.